The first-order valence-corrected chi connectivity index (χ1v) is 26.5. The van der Waals surface area contributed by atoms with Crippen LogP contribution in [0.3, 0.4) is 0 Å². The second-order valence-corrected chi connectivity index (χ2v) is 21.3. The molecule has 0 fully saturated rings. The normalized spacial score (nSPS) is 10.7. The van der Waals surface area contributed by atoms with E-state index >= 15 is 16.8 Å². The zero-order chi connectivity index (χ0) is 59.8. The Hall–Kier alpha value is -13.7. The Labute approximate surface area is 473 Å². The van der Waals surface area contributed by atoms with Gasteiger partial charge >= 0.3 is 0 Å². The number of nitrogens with zero attached hydrogens (tertiary/aromatic N) is 18. The first-order valence-electron chi connectivity index (χ1n) is 23.5. The van der Waals surface area contributed by atoms with Crippen molar-refractivity contribution in [3.05, 3.63) is 176 Å². The molecule has 84 heavy (non-hydrogen) atoms. The third-order valence-corrected chi connectivity index (χ3v) is 16.4. The summed E-state index contributed by atoms with van der Waals surface area (Å²) in [6.07, 6.45) is 0. The number of aromatic nitrogens is 6. The number of nitriles is 12. The van der Waals surface area contributed by atoms with E-state index in [1.165, 1.54) is 60.7 Å². The van der Waals surface area contributed by atoms with Gasteiger partial charge in [-0.15, -0.1) is 0 Å². The highest BCUT2D eigenvalue weighted by molar-refractivity contribution is 7.91. The van der Waals surface area contributed by atoms with Crippen molar-refractivity contribution in [1.82, 2.24) is 29.9 Å². The number of benzene rings is 7. The van der Waals surface area contributed by atoms with Crippen LogP contribution in [0.1, 0.15) is 66.8 Å². The van der Waals surface area contributed by atoms with Gasteiger partial charge in [0.05, 0.1) is 87.9 Å². The van der Waals surface area contributed by atoms with Gasteiger partial charge in [0.2, 0.25) is 19.7 Å². The summed E-state index contributed by atoms with van der Waals surface area (Å²) in [7, 11) is -10.2. The van der Waals surface area contributed by atoms with Crippen LogP contribution >= 0.6 is 0 Å². The molecule has 3 heterocycles. The second kappa shape index (κ2) is 20.9. The quantitative estimate of drug-likeness (QED) is 0.129. The molecule has 0 spiro atoms. The third-order valence-electron chi connectivity index (χ3n) is 13.0. The molecule has 0 amide bonds. The molecule has 0 saturated carbocycles. The van der Waals surface area contributed by atoms with E-state index < -0.39 is 73.0 Å². The van der Waals surface area contributed by atoms with Crippen LogP contribution in [0, 0.1) is 136 Å². The zero-order valence-electron chi connectivity index (χ0n) is 41.9. The lowest BCUT2D eigenvalue weighted by molar-refractivity contribution is 0.591. The summed E-state index contributed by atoms with van der Waals surface area (Å²) in [5.74, 6) is 0. The highest BCUT2D eigenvalue weighted by Gasteiger charge is 2.34. The van der Waals surface area contributed by atoms with E-state index in [1.807, 2.05) is 60.7 Å². The first-order chi connectivity index (χ1) is 40.6. The summed E-state index contributed by atoms with van der Waals surface area (Å²) >= 11 is 0. The predicted molar refractivity (Wildman–Crippen MR) is 288 cm³/mol. The first kappa shape index (κ1) is 53.7. The average molecular weight is 1120 g/mol. The summed E-state index contributed by atoms with van der Waals surface area (Å²) in [5, 5.41) is 118. The average Bonchev–Trinajstić information content (AvgIpc) is 0.876. The van der Waals surface area contributed by atoms with Crippen molar-refractivity contribution in [2.75, 3.05) is 0 Å². The lowest BCUT2D eigenvalue weighted by Crippen LogP contribution is -2.12. The van der Waals surface area contributed by atoms with Crippen LogP contribution in [0.2, 0.25) is 0 Å². The predicted octanol–water partition coefficient (Wildman–Crippen LogP) is 8.31. The van der Waals surface area contributed by atoms with Gasteiger partial charge in [-0.2, -0.15) is 63.1 Å². The SMILES string of the molecule is N#Cc1ccc(-c2nc3c(nc2-c2ccc(C#N)c(C#N)c2)c2nc(-c4ccc(C#N)c(C#N)c4)c(S(=O)(=O)c4ccc(C#N)c(C#N)c4)nc2c2nc(S(=O)(=O)c4ccc(C#N)c(C#N)c4)c(-c4ccc(C#N)c(C#N)c4)nc32)cc1C#N. The number of hydrogen-bond acceptors (Lipinski definition) is 22. The number of fused-ring (bicyclic) bond motifs is 6. The van der Waals surface area contributed by atoms with Gasteiger partial charge < -0.3 is 0 Å². The largest absolute Gasteiger partial charge is 0.241 e. The molecule has 384 valence electrons. The fourth-order valence-corrected chi connectivity index (χ4v) is 11.7. The molecule has 0 radical (unpaired) electrons. The molecule has 0 N–H and O–H groups in total. The van der Waals surface area contributed by atoms with Gasteiger partial charge in [-0.25, -0.2) is 46.7 Å². The van der Waals surface area contributed by atoms with E-state index in [9.17, 15) is 63.1 Å². The Morgan fingerprint density at radius 2 is 0.440 bits per heavy atom. The molecule has 10 aromatic rings. The molecule has 3 aromatic heterocycles. The standard InChI is InChI=1S/C60H18N18O4S2/c61-19-35-5-1-31(13-41(35)25-67)49-50(32-2-6-36(20-62)42(14-32)26-68)74-54-53(73-49)55-57(77-59(51(75-55)33-3-7-37(21-63)43(15-33)27-69)83(79,80)47-11-9-39(23-65)45(17-47)29-71)58-56(54)76-52(34-4-8-38(22-64)44(16-34)28-70)60(78-58)84(81,82)48-12-10-40(24-66)46(18-48)30-72/h1-18H. The van der Waals surface area contributed by atoms with Crippen molar-refractivity contribution in [3.8, 4) is 118 Å². The third kappa shape index (κ3) is 8.74. The molecule has 10 rings (SSSR count). The lowest BCUT2D eigenvalue weighted by Gasteiger charge is -2.18. The molecule has 22 nitrogen and oxygen atoms in total. The Balaban J connectivity index is 1.49. The highest BCUT2D eigenvalue weighted by atomic mass is 32.2. The van der Waals surface area contributed by atoms with Crippen molar-refractivity contribution in [1.29, 1.82) is 63.1 Å². The van der Waals surface area contributed by atoms with Crippen LogP contribution in [0.5, 0.6) is 0 Å². The fraction of sp³-hybridized carbons (Fsp3) is 0. The molecule has 0 bridgehead atoms. The number of hydrogen-bond donors (Lipinski definition) is 0. The summed E-state index contributed by atoms with van der Waals surface area (Å²) in [5.41, 5.74) is -6.03. The summed E-state index contributed by atoms with van der Waals surface area (Å²) < 4.78 is 61.5. The molecule has 0 atom stereocenters. The van der Waals surface area contributed by atoms with Crippen LogP contribution in [-0.2, 0) is 19.7 Å². The Kier molecular flexibility index (Phi) is 13.4. The summed E-state index contributed by atoms with van der Waals surface area (Å²) in [6.45, 7) is 0. The van der Waals surface area contributed by atoms with E-state index in [1.54, 1.807) is 12.1 Å². The molecule has 24 heteroatoms. The molecule has 0 aliphatic rings. The zero-order valence-corrected chi connectivity index (χ0v) is 43.5. The van der Waals surface area contributed by atoms with E-state index in [2.05, 4.69) is 0 Å². The van der Waals surface area contributed by atoms with Crippen molar-refractivity contribution in [2.45, 2.75) is 19.8 Å². The van der Waals surface area contributed by atoms with Gasteiger partial charge in [-0.05, 0) is 84.9 Å². The van der Waals surface area contributed by atoms with Gasteiger partial charge in [-0.3, -0.25) is 0 Å². The van der Waals surface area contributed by atoms with Gasteiger partial charge in [0.25, 0.3) is 0 Å². The molecular weight excluding hydrogens is 1100 g/mol. The molecule has 0 saturated heterocycles. The van der Waals surface area contributed by atoms with Crippen LogP contribution < -0.4 is 0 Å². The topological polar surface area (TPSA) is 431 Å². The summed E-state index contributed by atoms with van der Waals surface area (Å²) in [6, 6.07) is 44.0. The van der Waals surface area contributed by atoms with E-state index in [0.29, 0.717) is 0 Å². The molecule has 7 aromatic carbocycles. The van der Waals surface area contributed by atoms with Crippen LogP contribution in [0.25, 0.3) is 78.1 Å². The maximum absolute atomic E-state index is 15.4. The van der Waals surface area contributed by atoms with Gasteiger partial charge in [0.1, 0.15) is 117 Å². The van der Waals surface area contributed by atoms with E-state index in [-0.39, 0.29) is 111 Å². The maximum Gasteiger partial charge on any atom is 0.226 e. The van der Waals surface area contributed by atoms with Crippen molar-refractivity contribution < 1.29 is 16.8 Å². The number of rotatable bonds is 8. The lowest BCUT2D eigenvalue weighted by atomic mass is 9.97. The maximum atomic E-state index is 15.4. The van der Waals surface area contributed by atoms with Gasteiger partial charge in [-0.1, -0.05) is 24.3 Å². The molecule has 0 aliphatic heterocycles. The van der Waals surface area contributed by atoms with Crippen molar-refractivity contribution in [3.63, 3.8) is 0 Å². The Morgan fingerprint density at radius 3 is 0.690 bits per heavy atom. The fourth-order valence-electron chi connectivity index (χ4n) is 8.93. The summed E-state index contributed by atoms with van der Waals surface area (Å²) in [4.78, 5) is 28.2. The molecule has 0 aliphatic carbocycles. The monoisotopic (exact) mass is 1120 g/mol. The van der Waals surface area contributed by atoms with Crippen LogP contribution in [0.15, 0.2) is 129 Å². The minimum Gasteiger partial charge on any atom is -0.241 e. The number of sulfone groups is 2. The smallest absolute Gasteiger partial charge is 0.226 e. The minimum atomic E-state index is -5.11. The van der Waals surface area contributed by atoms with Crippen LogP contribution in [-0.4, -0.2) is 46.7 Å². The Morgan fingerprint density at radius 1 is 0.238 bits per heavy atom. The van der Waals surface area contributed by atoms with Gasteiger partial charge in [0.15, 0.2) is 10.1 Å². The Bertz CT molecular complexity index is 5200. The van der Waals surface area contributed by atoms with E-state index in [0.717, 1.165) is 48.5 Å². The van der Waals surface area contributed by atoms with Crippen LogP contribution in [0.4, 0.5) is 0 Å². The van der Waals surface area contributed by atoms with Gasteiger partial charge in [0, 0.05) is 22.3 Å². The molecular formula is C60H18N18O4S2. The highest BCUT2D eigenvalue weighted by Crippen LogP contribution is 2.42. The molecule has 0 unspecified atom stereocenters. The van der Waals surface area contributed by atoms with Crippen molar-refractivity contribution >= 4 is 52.8 Å². The van der Waals surface area contributed by atoms with Crippen molar-refractivity contribution in [2.24, 2.45) is 0 Å². The minimum absolute atomic E-state index is 0.0357. The second-order valence-electron chi connectivity index (χ2n) is 17.6. The van der Waals surface area contributed by atoms with E-state index in [4.69, 9.17) is 29.9 Å².